The normalized spacial score (nSPS) is 11.3. The standard InChI is InChI=1S/C24H22N4O2/c1-16-22(17(2)28(27-16)15-18-8-4-3-5-9-18)14-25-26-24(30)21-12-19-10-6-7-11-20(19)13-23(21)29/h3-14,29H,15H2,1-2H3,(H,26,30)/b25-14-. The Labute approximate surface area is 174 Å². The number of phenolic OH excluding ortho intramolecular Hbond substituents is 1. The van der Waals surface area contributed by atoms with Crippen LogP contribution in [0.15, 0.2) is 71.8 Å². The first-order chi connectivity index (χ1) is 14.5. The molecule has 0 unspecified atom stereocenters. The minimum atomic E-state index is -0.471. The van der Waals surface area contributed by atoms with Crippen molar-refractivity contribution in [3.8, 4) is 5.75 Å². The molecule has 0 saturated heterocycles. The van der Waals surface area contributed by atoms with E-state index >= 15 is 0 Å². The van der Waals surface area contributed by atoms with Crippen molar-refractivity contribution in [2.45, 2.75) is 20.4 Å². The van der Waals surface area contributed by atoms with Crippen LogP contribution in [0, 0.1) is 13.8 Å². The van der Waals surface area contributed by atoms with E-state index in [-0.39, 0.29) is 11.3 Å². The van der Waals surface area contributed by atoms with Gasteiger partial charge in [0.25, 0.3) is 5.91 Å². The first kappa shape index (κ1) is 19.4. The molecule has 0 bridgehead atoms. The van der Waals surface area contributed by atoms with Gasteiger partial charge in [0, 0.05) is 11.3 Å². The van der Waals surface area contributed by atoms with E-state index in [1.54, 1.807) is 18.3 Å². The van der Waals surface area contributed by atoms with E-state index < -0.39 is 5.91 Å². The number of benzene rings is 3. The predicted molar refractivity (Wildman–Crippen MR) is 118 cm³/mol. The topological polar surface area (TPSA) is 79.5 Å². The number of fused-ring (bicyclic) bond motifs is 1. The molecule has 150 valence electrons. The maximum absolute atomic E-state index is 12.5. The average Bonchev–Trinajstić information content (AvgIpc) is 3.01. The fourth-order valence-electron chi connectivity index (χ4n) is 3.43. The van der Waals surface area contributed by atoms with Gasteiger partial charge in [0.15, 0.2) is 0 Å². The van der Waals surface area contributed by atoms with Crippen LogP contribution in [-0.2, 0) is 6.54 Å². The molecule has 6 heteroatoms. The highest BCUT2D eigenvalue weighted by molar-refractivity contribution is 6.01. The van der Waals surface area contributed by atoms with Gasteiger partial charge < -0.3 is 5.11 Å². The van der Waals surface area contributed by atoms with Crippen molar-refractivity contribution in [3.63, 3.8) is 0 Å². The number of hydrazone groups is 1. The lowest BCUT2D eigenvalue weighted by Gasteiger charge is -2.06. The van der Waals surface area contributed by atoms with Gasteiger partial charge >= 0.3 is 0 Å². The van der Waals surface area contributed by atoms with Crippen molar-refractivity contribution in [1.82, 2.24) is 15.2 Å². The zero-order valence-corrected chi connectivity index (χ0v) is 16.8. The number of aromatic hydroxyl groups is 1. The summed E-state index contributed by atoms with van der Waals surface area (Å²) in [7, 11) is 0. The van der Waals surface area contributed by atoms with Crippen molar-refractivity contribution in [2.75, 3.05) is 0 Å². The van der Waals surface area contributed by atoms with E-state index in [2.05, 4.69) is 27.8 Å². The molecule has 6 nitrogen and oxygen atoms in total. The van der Waals surface area contributed by atoms with Crippen LogP contribution in [-0.4, -0.2) is 27.0 Å². The summed E-state index contributed by atoms with van der Waals surface area (Å²) < 4.78 is 1.92. The highest BCUT2D eigenvalue weighted by Crippen LogP contribution is 2.24. The Balaban J connectivity index is 1.51. The fraction of sp³-hybridized carbons (Fsp3) is 0.125. The smallest absolute Gasteiger partial charge is 0.275 e. The predicted octanol–water partition coefficient (Wildman–Crippen LogP) is 4.17. The Morgan fingerprint density at radius 2 is 1.73 bits per heavy atom. The number of nitrogens with zero attached hydrogens (tertiary/aromatic N) is 3. The third-order valence-electron chi connectivity index (χ3n) is 5.08. The van der Waals surface area contributed by atoms with Gasteiger partial charge in [-0.25, -0.2) is 5.43 Å². The molecule has 0 fully saturated rings. The van der Waals surface area contributed by atoms with Crippen LogP contribution >= 0.6 is 0 Å². The average molecular weight is 398 g/mol. The van der Waals surface area contributed by atoms with Crippen LogP contribution in [0.2, 0.25) is 0 Å². The van der Waals surface area contributed by atoms with Gasteiger partial charge in [-0.2, -0.15) is 10.2 Å². The maximum atomic E-state index is 12.5. The molecular weight excluding hydrogens is 376 g/mol. The minimum Gasteiger partial charge on any atom is -0.507 e. The molecule has 0 aliphatic carbocycles. The van der Waals surface area contributed by atoms with Crippen LogP contribution in [0.4, 0.5) is 0 Å². The van der Waals surface area contributed by atoms with Crippen LogP contribution in [0.3, 0.4) is 0 Å². The lowest BCUT2D eigenvalue weighted by Crippen LogP contribution is -2.18. The Kier molecular flexibility index (Phi) is 5.30. The molecule has 1 aromatic heterocycles. The number of hydrogen-bond donors (Lipinski definition) is 2. The van der Waals surface area contributed by atoms with Crippen molar-refractivity contribution in [2.24, 2.45) is 5.10 Å². The van der Waals surface area contributed by atoms with Crippen molar-refractivity contribution < 1.29 is 9.90 Å². The number of hydrogen-bond acceptors (Lipinski definition) is 4. The first-order valence-electron chi connectivity index (χ1n) is 9.66. The zero-order valence-electron chi connectivity index (χ0n) is 16.8. The number of amides is 1. The Morgan fingerprint density at radius 3 is 2.47 bits per heavy atom. The summed E-state index contributed by atoms with van der Waals surface area (Å²) in [4.78, 5) is 12.5. The highest BCUT2D eigenvalue weighted by atomic mass is 16.3. The summed E-state index contributed by atoms with van der Waals surface area (Å²) in [6.45, 7) is 4.55. The second-order valence-electron chi connectivity index (χ2n) is 7.14. The summed E-state index contributed by atoms with van der Waals surface area (Å²) in [5.41, 5.74) is 6.48. The van der Waals surface area contributed by atoms with E-state index in [0.29, 0.717) is 6.54 Å². The molecule has 1 amide bonds. The number of rotatable bonds is 5. The third-order valence-corrected chi connectivity index (χ3v) is 5.08. The van der Waals surface area contributed by atoms with E-state index in [1.165, 1.54) is 0 Å². The van der Waals surface area contributed by atoms with Crippen LogP contribution in [0.25, 0.3) is 10.8 Å². The van der Waals surface area contributed by atoms with Gasteiger partial charge in [-0.15, -0.1) is 0 Å². The van der Waals surface area contributed by atoms with E-state index in [1.807, 2.05) is 61.0 Å². The van der Waals surface area contributed by atoms with Gasteiger partial charge in [-0.3, -0.25) is 9.48 Å². The Hall–Kier alpha value is -3.93. The fourth-order valence-corrected chi connectivity index (χ4v) is 3.43. The summed E-state index contributed by atoms with van der Waals surface area (Å²) in [5, 5.41) is 20.6. The van der Waals surface area contributed by atoms with Crippen LogP contribution in [0.1, 0.15) is 32.9 Å². The molecule has 30 heavy (non-hydrogen) atoms. The zero-order chi connectivity index (χ0) is 21.1. The number of carbonyl (C=O) groups excluding carboxylic acids is 1. The summed E-state index contributed by atoms with van der Waals surface area (Å²) in [6.07, 6.45) is 1.59. The molecule has 1 heterocycles. The monoisotopic (exact) mass is 398 g/mol. The number of phenols is 1. The van der Waals surface area contributed by atoms with Gasteiger partial charge in [-0.05, 0) is 42.3 Å². The van der Waals surface area contributed by atoms with Crippen molar-refractivity contribution in [1.29, 1.82) is 0 Å². The molecule has 0 saturated carbocycles. The summed E-state index contributed by atoms with van der Waals surface area (Å²) in [6, 6.07) is 20.9. The number of carbonyl (C=O) groups is 1. The first-order valence-corrected chi connectivity index (χ1v) is 9.66. The summed E-state index contributed by atoms with van der Waals surface area (Å²) in [5.74, 6) is -0.550. The summed E-state index contributed by atoms with van der Waals surface area (Å²) >= 11 is 0. The van der Waals surface area contributed by atoms with Crippen LogP contribution in [0.5, 0.6) is 5.75 Å². The maximum Gasteiger partial charge on any atom is 0.275 e. The van der Waals surface area contributed by atoms with E-state index in [4.69, 9.17) is 0 Å². The van der Waals surface area contributed by atoms with E-state index in [9.17, 15) is 9.90 Å². The molecule has 4 aromatic rings. The van der Waals surface area contributed by atoms with Gasteiger partial charge in [-0.1, -0.05) is 54.6 Å². The molecule has 0 aliphatic heterocycles. The highest BCUT2D eigenvalue weighted by Gasteiger charge is 2.13. The van der Waals surface area contributed by atoms with E-state index in [0.717, 1.165) is 33.3 Å². The van der Waals surface area contributed by atoms with Crippen molar-refractivity contribution in [3.05, 3.63) is 94.8 Å². The lowest BCUT2D eigenvalue weighted by atomic mass is 10.1. The quantitative estimate of drug-likeness (QED) is 0.391. The van der Waals surface area contributed by atoms with Gasteiger partial charge in [0.05, 0.1) is 24.0 Å². The largest absolute Gasteiger partial charge is 0.507 e. The molecule has 3 aromatic carbocycles. The molecule has 0 radical (unpaired) electrons. The van der Waals surface area contributed by atoms with Crippen molar-refractivity contribution >= 4 is 22.9 Å². The lowest BCUT2D eigenvalue weighted by molar-refractivity contribution is 0.0952. The molecule has 4 rings (SSSR count). The minimum absolute atomic E-state index is 0.0792. The second-order valence-corrected chi connectivity index (χ2v) is 7.14. The number of nitrogens with one attached hydrogen (secondary N) is 1. The molecular formula is C24H22N4O2. The Bertz CT molecular complexity index is 1240. The second kappa shape index (κ2) is 8.21. The van der Waals surface area contributed by atoms with Crippen LogP contribution < -0.4 is 5.43 Å². The SMILES string of the molecule is Cc1nn(Cc2ccccc2)c(C)c1/C=N\NC(=O)c1cc2ccccc2cc1O. The number of aryl methyl sites for hydroxylation is 1. The molecule has 0 atom stereocenters. The Morgan fingerprint density at radius 1 is 1.07 bits per heavy atom. The van der Waals surface area contributed by atoms with Gasteiger partial charge in [0.1, 0.15) is 5.75 Å². The molecule has 0 aliphatic rings. The molecule has 2 N–H and O–H groups in total. The van der Waals surface area contributed by atoms with Gasteiger partial charge in [0.2, 0.25) is 0 Å². The molecule has 0 spiro atoms. The third kappa shape index (κ3) is 3.93. The number of aromatic nitrogens is 2.